The summed E-state index contributed by atoms with van der Waals surface area (Å²) in [4.78, 5) is 16.7. The predicted octanol–water partition coefficient (Wildman–Crippen LogP) is 1.40. The second-order valence-corrected chi connectivity index (χ2v) is 4.28. The average molecular weight is 247 g/mol. The van der Waals surface area contributed by atoms with E-state index < -0.39 is 6.10 Å². The van der Waals surface area contributed by atoms with E-state index in [1.54, 1.807) is 6.08 Å². The molecule has 4 heteroatoms. The minimum atomic E-state index is -0.578. The van der Waals surface area contributed by atoms with E-state index in [4.69, 9.17) is 4.84 Å². The van der Waals surface area contributed by atoms with Gasteiger partial charge in [-0.15, -0.1) is 0 Å². The topological polar surface area (TPSA) is 49.8 Å². The number of amides is 1. The molecule has 1 fully saturated rings. The van der Waals surface area contributed by atoms with E-state index in [1.807, 2.05) is 24.3 Å². The van der Waals surface area contributed by atoms with Crippen LogP contribution < -0.4 is 0 Å². The second kappa shape index (κ2) is 5.80. The zero-order chi connectivity index (χ0) is 13.0. The summed E-state index contributed by atoms with van der Waals surface area (Å²) in [5.41, 5.74) is 2.24. The number of benzene rings is 1. The van der Waals surface area contributed by atoms with Crippen LogP contribution in [0.25, 0.3) is 6.08 Å². The summed E-state index contributed by atoms with van der Waals surface area (Å²) in [6, 6.07) is 8.03. The van der Waals surface area contributed by atoms with Gasteiger partial charge in [-0.2, -0.15) is 0 Å². The molecule has 1 unspecified atom stereocenters. The van der Waals surface area contributed by atoms with Crippen LogP contribution in [0.15, 0.2) is 30.3 Å². The fraction of sp³-hybridized carbons (Fsp3) is 0.357. The molecule has 1 saturated heterocycles. The number of aliphatic hydroxyl groups is 1. The summed E-state index contributed by atoms with van der Waals surface area (Å²) in [6.07, 6.45) is 3.63. The first-order chi connectivity index (χ1) is 8.69. The number of aryl methyl sites for hydroxylation is 1. The van der Waals surface area contributed by atoms with Crippen molar-refractivity contribution in [3.8, 4) is 0 Å². The quantitative estimate of drug-likeness (QED) is 0.821. The molecule has 0 radical (unpaired) electrons. The van der Waals surface area contributed by atoms with Gasteiger partial charge in [0.15, 0.2) is 0 Å². The lowest BCUT2D eigenvalue weighted by Crippen LogP contribution is -2.26. The molecule has 1 aromatic carbocycles. The summed E-state index contributed by atoms with van der Waals surface area (Å²) in [7, 11) is 0. The Morgan fingerprint density at radius 1 is 1.50 bits per heavy atom. The maximum atomic E-state index is 11.7. The van der Waals surface area contributed by atoms with E-state index in [0.29, 0.717) is 0 Å². The summed E-state index contributed by atoms with van der Waals surface area (Å²) in [5, 5.41) is 10.4. The summed E-state index contributed by atoms with van der Waals surface area (Å²) in [6.45, 7) is 2.52. The zero-order valence-corrected chi connectivity index (χ0v) is 10.4. The molecule has 1 aliphatic rings. The summed E-state index contributed by atoms with van der Waals surface area (Å²) >= 11 is 0. The van der Waals surface area contributed by atoms with Gasteiger partial charge in [-0.05, 0) is 23.6 Å². The van der Waals surface area contributed by atoms with Crippen molar-refractivity contribution in [2.75, 3.05) is 13.2 Å². The molecule has 1 amide bonds. The van der Waals surface area contributed by atoms with Gasteiger partial charge >= 0.3 is 0 Å². The molecule has 0 bridgehead atoms. The van der Waals surface area contributed by atoms with Crippen molar-refractivity contribution in [1.82, 2.24) is 5.06 Å². The molecule has 0 aromatic heterocycles. The number of rotatable bonds is 3. The van der Waals surface area contributed by atoms with Crippen molar-refractivity contribution in [3.63, 3.8) is 0 Å². The molecule has 96 valence electrons. The highest BCUT2D eigenvalue weighted by Crippen LogP contribution is 2.09. The molecule has 1 aliphatic heterocycles. The van der Waals surface area contributed by atoms with Crippen LogP contribution >= 0.6 is 0 Å². The van der Waals surface area contributed by atoms with Gasteiger partial charge in [0.1, 0.15) is 12.7 Å². The number of aliphatic hydroxyl groups excluding tert-OH is 1. The molecule has 0 aliphatic carbocycles. The molecule has 0 spiro atoms. The minimum Gasteiger partial charge on any atom is -0.389 e. The van der Waals surface area contributed by atoms with Crippen LogP contribution in [0.3, 0.4) is 0 Å². The van der Waals surface area contributed by atoms with Crippen LogP contribution in [0.1, 0.15) is 18.1 Å². The van der Waals surface area contributed by atoms with E-state index >= 15 is 0 Å². The second-order valence-electron chi connectivity index (χ2n) is 4.28. The highest BCUT2D eigenvalue weighted by Gasteiger charge is 2.24. The van der Waals surface area contributed by atoms with Crippen molar-refractivity contribution >= 4 is 12.0 Å². The van der Waals surface area contributed by atoms with Crippen LogP contribution in [0.2, 0.25) is 0 Å². The lowest BCUT2D eigenvalue weighted by atomic mass is 10.1. The van der Waals surface area contributed by atoms with Crippen LogP contribution in [0.5, 0.6) is 0 Å². The summed E-state index contributed by atoms with van der Waals surface area (Å²) in [5.74, 6) is -0.244. The standard InChI is InChI=1S/C14H17NO3/c1-2-11-3-5-12(6-4-11)7-8-14(17)15-9-13(16)10-18-15/h3-8,13,16H,2,9-10H2,1H3/b8-7+. The molecule has 1 atom stereocenters. The third kappa shape index (κ3) is 3.18. The van der Waals surface area contributed by atoms with Crippen molar-refractivity contribution in [3.05, 3.63) is 41.5 Å². The molecular weight excluding hydrogens is 230 g/mol. The highest BCUT2D eigenvalue weighted by atomic mass is 16.7. The molecule has 1 N–H and O–H groups in total. The SMILES string of the molecule is CCc1ccc(/C=C/C(=O)N2CC(O)CO2)cc1. The first-order valence-corrected chi connectivity index (χ1v) is 6.08. The Bertz CT molecular complexity index is 439. The number of hydrogen-bond donors (Lipinski definition) is 1. The highest BCUT2D eigenvalue weighted by molar-refractivity contribution is 5.91. The number of carbonyl (C=O) groups excluding carboxylic acids is 1. The molecule has 4 nitrogen and oxygen atoms in total. The van der Waals surface area contributed by atoms with Gasteiger partial charge in [-0.1, -0.05) is 31.2 Å². The Balaban J connectivity index is 1.95. The van der Waals surface area contributed by atoms with Gasteiger partial charge in [-0.3, -0.25) is 9.63 Å². The van der Waals surface area contributed by atoms with E-state index in [9.17, 15) is 9.90 Å². The van der Waals surface area contributed by atoms with E-state index in [2.05, 4.69) is 6.92 Å². The molecular formula is C14H17NO3. The van der Waals surface area contributed by atoms with E-state index in [1.165, 1.54) is 16.7 Å². The number of hydrogen-bond acceptors (Lipinski definition) is 3. The van der Waals surface area contributed by atoms with Gasteiger partial charge < -0.3 is 5.11 Å². The van der Waals surface area contributed by atoms with Crippen LogP contribution in [-0.4, -0.2) is 35.3 Å². The summed E-state index contributed by atoms with van der Waals surface area (Å²) < 4.78 is 0. The van der Waals surface area contributed by atoms with Crippen LogP contribution in [-0.2, 0) is 16.1 Å². The first kappa shape index (κ1) is 12.8. The van der Waals surface area contributed by atoms with Gasteiger partial charge in [0, 0.05) is 6.08 Å². The molecule has 18 heavy (non-hydrogen) atoms. The first-order valence-electron chi connectivity index (χ1n) is 6.08. The molecule has 1 aromatic rings. The molecule has 2 rings (SSSR count). The van der Waals surface area contributed by atoms with E-state index in [-0.39, 0.29) is 19.1 Å². The third-order valence-electron chi connectivity index (χ3n) is 2.85. The van der Waals surface area contributed by atoms with Crippen molar-refractivity contribution in [2.24, 2.45) is 0 Å². The maximum Gasteiger partial charge on any atom is 0.270 e. The average Bonchev–Trinajstić information content (AvgIpc) is 2.83. The Kier molecular flexibility index (Phi) is 4.12. The van der Waals surface area contributed by atoms with Crippen molar-refractivity contribution in [1.29, 1.82) is 0 Å². The fourth-order valence-corrected chi connectivity index (χ4v) is 1.74. The Labute approximate surface area is 106 Å². The van der Waals surface area contributed by atoms with Crippen molar-refractivity contribution < 1.29 is 14.7 Å². The Hall–Kier alpha value is -1.65. The predicted molar refractivity (Wildman–Crippen MR) is 68.5 cm³/mol. The largest absolute Gasteiger partial charge is 0.389 e. The van der Waals surface area contributed by atoms with Crippen LogP contribution in [0, 0.1) is 0 Å². The Morgan fingerprint density at radius 3 is 2.78 bits per heavy atom. The van der Waals surface area contributed by atoms with Gasteiger partial charge in [0.25, 0.3) is 5.91 Å². The van der Waals surface area contributed by atoms with Gasteiger partial charge in [0.2, 0.25) is 0 Å². The Morgan fingerprint density at radius 2 is 2.22 bits per heavy atom. The monoisotopic (exact) mass is 247 g/mol. The maximum absolute atomic E-state index is 11.7. The number of carbonyl (C=O) groups is 1. The zero-order valence-electron chi connectivity index (χ0n) is 10.4. The minimum absolute atomic E-state index is 0.185. The van der Waals surface area contributed by atoms with Crippen LogP contribution in [0.4, 0.5) is 0 Å². The number of hydroxylamine groups is 2. The van der Waals surface area contributed by atoms with Gasteiger partial charge in [0.05, 0.1) is 6.54 Å². The molecule has 0 saturated carbocycles. The van der Waals surface area contributed by atoms with Crippen molar-refractivity contribution in [2.45, 2.75) is 19.4 Å². The fourth-order valence-electron chi connectivity index (χ4n) is 1.74. The molecule has 1 heterocycles. The van der Waals surface area contributed by atoms with E-state index in [0.717, 1.165) is 12.0 Å². The lowest BCUT2D eigenvalue weighted by molar-refractivity contribution is -0.162. The van der Waals surface area contributed by atoms with Gasteiger partial charge in [-0.25, -0.2) is 5.06 Å². The normalized spacial score (nSPS) is 19.7. The smallest absolute Gasteiger partial charge is 0.270 e. The number of nitrogens with zero attached hydrogens (tertiary/aromatic N) is 1. The third-order valence-corrected chi connectivity index (χ3v) is 2.85. The lowest BCUT2D eigenvalue weighted by Gasteiger charge is -2.10. The number of β-amino-alcohol motifs (C(OH)–C–C–N with tert-alkyl or cyclic N) is 1.